The van der Waals surface area contributed by atoms with Gasteiger partial charge in [0.05, 0.1) is 19.8 Å². The Morgan fingerprint density at radius 3 is 2.94 bits per heavy atom. The molecule has 0 aromatic rings. The van der Waals surface area contributed by atoms with Gasteiger partial charge in [0, 0.05) is 18.6 Å². The average Bonchev–Trinajstić information content (AvgIpc) is 2.35. The number of morpholine rings is 1. The van der Waals surface area contributed by atoms with Crippen molar-refractivity contribution >= 4 is 5.91 Å². The molecule has 0 radical (unpaired) electrons. The van der Waals surface area contributed by atoms with Crippen LogP contribution in [0.3, 0.4) is 0 Å². The first-order valence-electron chi connectivity index (χ1n) is 6.97. The topological polar surface area (TPSA) is 67.6 Å². The van der Waals surface area contributed by atoms with E-state index >= 15 is 0 Å². The van der Waals surface area contributed by atoms with Crippen molar-refractivity contribution in [2.75, 3.05) is 32.8 Å². The summed E-state index contributed by atoms with van der Waals surface area (Å²) in [4.78, 5) is 13.3. The number of hydrogen-bond donors (Lipinski definition) is 2. The number of nitrogens with one attached hydrogen (secondary N) is 1. The maximum atomic E-state index is 11.1. The van der Waals surface area contributed by atoms with Gasteiger partial charge in [-0.1, -0.05) is 13.3 Å². The van der Waals surface area contributed by atoms with Crippen LogP contribution in [0.25, 0.3) is 0 Å². The van der Waals surface area contributed by atoms with Gasteiger partial charge in [-0.15, -0.1) is 0 Å². The molecular formula is C13H27N3O2. The van der Waals surface area contributed by atoms with Crippen LogP contribution in [-0.4, -0.2) is 55.7 Å². The number of primary amides is 1. The zero-order chi connectivity index (χ0) is 13.4. The molecule has 1 rings (SSSR count). The molecule has 5 heteroatoms. The Kier molecular flexibility index (Phi) is 7.23. The minimum Gasteiger partial charge on any atom is -0.379 e. The lowest BCUT2D eigenvalue weighted by Crippen LogP contribution is -2.47. The third kappa shape index (κ3) is 5.80. The molecular weight excluding hydrogens is 230 g/mol. The summed E-state index contributed by atoms with van der Waals surface area (Å²) in [5.41, 5.74) is 5.32. The van der Waals surface area contributed by atoms with Crippen molar-refractivity contribution in [3.63, 3.8) is 0 Å². The summed E-state index contributed by atoms with van der Waals surface area (Å²) in [6.07, 6.45) is 3.23. The Morgan fingerprint density at radius 1 is 1.61 bits per heavy atom. The summed E-state index contributed by atoms with van der Waals surface area (Å²) in [7, 11) is 0. The molecule has 1 fully saturated rings. The van der Waals surface area contributed by atoms with Gasteiger partial charge < -0.3 is 15.8 Å². The van der Waals surface area contributed by atoms with Crippen LogP contribution in [-0.2, 0) is 9.53 Å². The van der Waals surface area contributed by atoms with E-state index < -0.39 is 0 Å². The molecule has 0 aliphatic carbocycles. The van der Waals surface area contributed by atoms with Gasteiger partial charge in [0.15, 0.2) is 0 Å². The van der Waals surface area contributed by atoms with Crippen LogP contribution >= 0.6 is 0 Å². The molecule has 0 spiro atoms. The average molecular weight is 257 g/mol. The number of carbonyl (C=O) groups is 1. The van der Waals surface area contributed by atoms with Gasteiger partial charge in [-0.2, -0.15) is 0 Å². The SMILES string of the molecule is CCCCN(CC(N)=O)C(C)CC1COCCN1. The maximum Gasteiger partial charge on any atom is 0.231 e. The van der Waals surface area contributed by atoms with Gasteiger partial charge >= 0.3 is 0 Å². The van der Waals surface area contributed by atoms with Gasteiger partial charge in [0.2, 0.25) is 5.91 Å². The lowest BCUT2D eigenvalue weighted by Gasteiger charge is -2.32. The third-order valence-corrected chi connectivity index (χ3v) is 3.41. The summed E-state index contributed by atoms with van der Waals surface area (Å²) in [5, 5.41) is 3.45. The van der Waals surface area contributed by atoms with E-state index in [4.69, 9.17) is 10.5 Å². The van der Waals surface area contributed by atoms with Gasteiger partial charge in [-0.25, -0.2) is 0 Å². The van der Waals surface area contributed by atoms with Gasteiger partial charge in [0.1, 0.15) is 0 Å². The van der Waals surface area contributed by atoms with Crippen molar-refractivity contribution in [1.82, 2.24) is 10.2 Å². The Hall–Kier alpha value is -0.650. The van der Waals surface area contributed by atoms with Crippen LogP contribution in [0.15, 0.2) is 0 Å². The summed E-state index contributed by atoms with van der Waals surface area (Å²) in [5.74, 6) is -0.245. The first-order valence-corrected chi connectivity index (χ1v) is 6.97. The number of carbonyl (C=O) groups excluding carboxylic acids is 1. The highest BCUT2D eigenvalue weighted by molar-refractivity contribution is 5.75. The zero-order valence-corrected chi connectivity index (χ0v) is 11.7. The highest BCUT2D eigenvalue weighted by Crippen LogP contribution is 2.10. The molecule has 1 saturated heterocycles. The number of rotatable bonds is 8. The molecule has 106 valence electrons. The van der Waals surface area contributed by atoms with E-state index in [0.29, 0.717) is 18.6 Å². The van der Waals surface area contributed by atoms with E-state index in [1.807, 2.05) is 0 Å². The quantitative estimate of drug-likeness (QED) is 0.658. The monoisotopic (exact) mass is 257 g/mol. The molecule has 1 aliphatic heterocycles. The van der Waals surface area contributed by atoms with Crippen molar-refractivity contribution in [2.24, 2.45) is 5.73 Å². The predicted octanol–water partition coefficient (Wildman–Crippen LogP) is 0.341. The summed E-state index contributed by atoms with van der Waals surface area (Å²) < 4.78 is 5.45. The van der Waals surface area contributed by atoms with Gasteiger partial charge in [-0.05, 0) is 26.3 Å². The fourth-order valence-corrected chi connectivity index (χ4v) is 2.35. The molecule has 1 heterocycles. The molecule has 0 bridgehead atoms. The van der Waals surface area contributed by atoms with Gasteiger partial charge in [0.25, 0.3) is 0 Å². The number of amides is 1. The standard InChI is InChI=1S/C13H27N3O2/c1-3-4-6-16(9-13(14)17)11(2)8-12-10-18-7-5-15-12/h11-12,15H,3-10H2,1-2H3,(H2,14,17). The van der Waals surface area contributed by atoms with Crippen molar-refractivity contribution in [2.45, 2.75) is 45.2 Å². The fraction of sp³-hybridized carbons (Fsp3) is 0.923. The minimum atomic E-state index is -0.245. The normalized spacial score (nSPS) is 22.1. The summed E-state index contributed by atoms with van der Waals surface area (Å²) >= 11 is 0. The van der Waals surface area contributed by atoms with Crippen LogP contribution in [0.5, 0.6) is 0 Å². The molecule has 5 nitrogen and oxygen atoms in total. The van der Waals surface area contributed by atoms with Crippen molar-refractivity contribution in [3.05, 3.63) is 0 Å². The molecule has 0 aromatic carbocycles. The highest BCUT2D eigenvalue weighted by Gasteiger charge is 2.21. The molecule has 2 atom stereocenters. The van der Waals surface area contributed by atoms with Crippen LogP contribution in [0, 0.1) is 0 Å². The highest BCUT2D eigenvalue weighted by atomic mass is 16.5. The second kappa shape index (κ2) is 8.45. The van der Waals surface area contributed by atoms with Crippen LogP contribution in [0.2, 0.25) is 0 Å². The molecule has 2 unspecified atom stereocenters. The van der Waals surface area contributed by atoms with E-state index in [0.717, 1.165) is 45.6 Å². The minimum absolute atomic E-state index is 0.245. The van der Waals surface area contributed by atoms with Crippen LogP contribution in [0.1, 0.15) is 33.1 Å². The lowest BCUT2D eigenvalue weighted by molar-refractivity contribution is -0.119. The largest absolute Gasteiger partial charge is 0.379 e. The Bertz CT molecular complexity index is 242. The summed E-state index contributed by atoms with van der Waals surface area (Å²) in [6.45, 7) is 8.10. The van der Waals surface area contributed by atoms with E-state index in [-0.39, 0.29) is 5.91 Å². The van der Waals surface area contributed by atoms with Crippen molar-refractivity contribution < 1.29 is 9.53 Å². The Labute approximate surface area is 110 Å². The molecule has 1 amide bonds. The fourth-order valence-electron chi connectivity index (χ4n) is 2.35. The molecule has 3 N–H and O–H groups in total. The van der Waals surface area contributed by atoms with E-state index in [2.05, 4.69) is 24.1 Å². The van der Waals surface area contributed by atoms with Crippen LogP contribution in [0.4, 0.5) is 0 Å². The molecule has 0 saturated carbocycles. The summed E-state index contributed by atoms with van der Waals surface area (Å²) in [6, 6.07) is 0.744. The van der Waals surface area contributed by atoms with E-state index in [1.165, 1.54) is 0 Å². The van der Waals surface area contributed by atoms with Crippen molar-refractivity contribution in [1.29, 1.82) is 0 Å². The van der Waals surface area contributed by atoms with Gasteiger partial charge in [-0.3, -0.25) is 9.69 Å². The zero-order valence-electron chi connectivity index (χ0n) is 11.7. The smallest absolute Gasteiger partial charge is 0.231 e. The predicted molar refractivity (Wildman–Crippen MR) is 72.4 cm³/mol. The number of nitrogens with two attached hydrogens (primary N) is 1. The van der Waals surface area contributed by atoms with E-state index in [9.17, 15) is 4.79 Å². The van der Waals surface area contributed by atoms with Crippen LogP contribution < -0.4 is 11.1 Å². The molecule has 18 heavy (non-hydrogen) atoms. The second-order valence-electron chi connectivity index (χ2n) is 5.10. The first-order chi connectivity index (χ1) is 8.63. The number of ether oxygens (including phenoxy) is 1. The molecule has 0 aromatic heterocycles. The number of hydrogen-bond acceptors (Lipinski definition) is 4. The second-order valence-corrected chi connectivity index (χ2v) is 5.10. The first kappa shape index (κ1) is 15.4. The molecule has 1 aliphatic rings. The lowest BCUT2D eigenvalue weighted by atomic mass is 10.1. The third-order valence-electron chi connectivity index (χ3n) is 3.41. The van der Waals surface area contributed by atoms with Crippen molar-refractivity contribution in [3.8, 4) is 0 Å². The number of nitrogens with zero attached hydrogens (tertiary/aromatic N) is 1. The Balaban J connectivity index is 2.40. The van der Waals surface area contributed by atoms with E-state index in [1.54, 1.807) is 0 Å². The number of unbranched alkanes of at least 4 members (excludes halogenated alkanes) is 1. The Morgan fingerprint density at radius 2 is 2.39 bits per heavy atom. The maximum absolute atomic E-state index is 11.1.